The number of allylic oxidation sites excluding steroid dienone is 1. The molecule has 0 aromatic carbocycles. The molecule has 5 heterocycles. The van der Waals surface area contributed by atoms with Gasteiger partial charge in [0.25, 0.3) is 0 Å². The quantitative estimate of drug-likeness (QED) is 0.0951. The average Bonchev–Trinajstić information content (AvgIpc) is 3.64. The van der Waals surface area contributed by atoms with Crippen molar-refractivity contribution in [1.82, 2.24) is 24.4 Å². The number of rotatable bonds is 13. The Morgan fingerprint density at radius 1 is 0.938 bits per heavy atom. The van der Waals surface area contributed by atoms with Gasteiger partial charge in [0.05, 0.1) is 19.5 Å². The van der Waals surface area contributed by atoms with Gasteiger partial charge in [-0.3, -0.25) is 22.9 Å². The van der Waals surface area contributed by atoms with Crippen LogP contribution in [-0.2, 0) is 45.8 Å². The van der Waals surface area contributed by atoms with Crippen LogP contribution in [0, 0.1) is 0 Å². The molecule has 0 aliphatic carbocycles. The lowest BCUT2D eigenvalue weighted by Gasteiger charge is -2.28. The number of hydrogen-bond donors (Lipinski definition) is 9. The minimum absolute atomic E-state index is 0.00424. The number of aliphatic hydroxyl groups is 3. The minimum Gasteiger partial charge on any atom is -0.387 e. The molecule has 0 saturated carbocycles. The number of amides is 1. The highest BCUT2D eigenvalue weighted by atomic mass is 31.3. The number of anilines is 1. The Balaban J connectivity index is 1.20. The Morgan fingerprint density at radius 3 is 2.19 bits per heavy atom. The van der Waals surface area contributed by atoms with Gasteiger partial charge in [0, 0.05) is 18.0 Å². The van der Waals surface area contributed by atoms with E-state index in [1.807, 2.05) is 0 Å². The third-order valence-corrected chi connectivity index (χ3v) is 10.2. The van der Waals surface area contributed by atoms with Gasteiger partial charge in [0.1, 0.15) is 48.5 Å². The van der Waals surface area contributed by atoms with Crippen molar-refractivity contribution in [3.63, 3.8) is 0 Å². The molecule has 0 radical (unpaired) electrons. The number of ether oxygens (including phenoxy) is 2. The molecule has 0 spiro atoms. The summed E-state index contributed by atoms with van der Waals surface area (Å²) in [6.07, 6.45) is -6.47. The number of carbonyl (C=O) groups is 1. The maximum Gasteiger partial charge on any atom is 0.481 e. The number of primary amides is 1. The fraction of sp³-hybridized carbons (Fsp3) is 0.524. The Hall–Kier alpha value is -2.73. The zero-order chi connectivity index (χ0) is 35.2. The Kier molecular flexibility index (Phi) is 10.6. The van der Waals surface area contributed by atoms with Crippen LogP contribution in [0.2, 0.25) is 0 Å². The number of nitrogens with zero attached hydrogens (tertiary/aromatic N) is 5. The first-order valence-electron chi connectivity index (χ1n) is 13.5. The van der Waals surface area contributed by atoms with E-state index in [1.54, 1.807) is 0 Å². The smallest absolute Gasteiger partial charge is 0.387 e. The van der Waals surface area contributed by atoms with E-state index in [9.17, 15) is 53.4 Å². The van der Waals surface area contributed by atoms with Crippen LogP contribution < -0.4 is 11.5 Å². The van der Waals surface area contributed by atoms with Gasteiger partial charge in [-0.05, 0) is 6.42 Å². The fourth-order valence-corrected chi connectivity index (χ4v) is 7.57. The predicted octanol–water partition coefficient (Wildman–Crippen LogP) is -2.57. The zero-order valence-corrected chi connectivity index (χ0v) is 26.8. The standard InChI is InChI=1S/C21H30N7O17P3/c22-17-12-19(25-7-24-17)28(8-26-12)21-16(44-46(33,34)35)14(30)11(43-21)6-41-48(38,39)45-47(36,37)40-5-10-13(29)15(31)20(42-10)27-3-1-2-9(4-27)18(23)32/h1,3-4,7-8,10-11,13-16,20-21,29-31H,2,5-6H2,(H2,23,32)(H,36,37)(H,38,39)(H2,22,24,25)(H2,33,34,35)/t10-,11-,13-,14-,15+,16-,20-,21-/m1/s1. The highest BCUT2D eigenvalue weighted by Crippen LogP contribution is 2.61. The highest BCUT2D eigenvalue weighted by molar-refractivity contribution is 7.61. The van der Waals surface area contributed by atoms with E-state index in [-0.39, 0.29) is 29.0 Å². The monoisotopic (exact) mass is 745 g/mol. The maximum absolute atomic E-state index is 12.6. The normalized spacial score (nSPS) is 31.9. The van der Waals surface area contributed by atoms with E-state index < -0.39 is 91.7 Å². The molecule has 2 aromatic heterocycles. The molecule has 10 atom stereocenters. The van der Waals surface area contributed by atoms with Crippen molar-refractivity contribution in [3.05, 3.63) is 36.7 Å². The van der Waals surface area contributed by atoms with Crippen LogP contribution in [0.5, 0.6) is 0 Å². The van der Waals surface area contributed by atoms with E-state index in [0.29, 0.717) is 0 Å². The second kappa shape index (κ2) is 13.9. The van der Waals surface area contributed by atoms with Crippen molar-refractivity contribution in [1.29, 1.82) is 0 Å². The molecule has 1 amide bonds. The summed E-state index contributed by atoms with van der Waals surface area (Å²) in [6, 6.07) is 0. The molecule has 11 N–H and O–H groups in total. The first-order valence-corrected chi connectivity index (χ1v) is 18.0. The summed E-state index contributed by atoms with van der Waals surface area (Å²) in [5, 5.41) is 31.5. The molecule has 2 saturated heterocycles. The van der Waals surface area contributed by atoms with Gasteiger partial charge < -0.3 is 60.7 Å². The van der Waals surface area contributed by atoms with Crippen molar-refractivity contribution < 1.29 is 80.7 Å². The highest BCUT2D eigenvalue weighted by Gasteiger charge is 2.51. The van der Waals surface area contributed by atoms with E-state index in [4.69, 9.17) is 30.0 Å². The SMILES string of the molecule is NC(=O)C1=CN([C@@H]2O[C@H](COP(=O)(O)OP(=O)(O)OC[C@H]3O[C@@H](n4cnc5c(N)ncnc54)[C@H](OP(=O)(O)O)[C@@H]3O)[C@@H](O)[C@@H]2O)C=CC1. The summed E-state index contributed by atoms with van der Waals surface area (Å²) in [5.74, 6) is -0.791. The fourth-order valence-electron chi connectivity index (χ4n) is 4.93. The van der Waals surface area contributed by atoms with E-state index in [0.717, 1.165) is 17.2 Å². The zero-order valence-electron chi connectivity index (χ0n) is 24.1. The lowest BCUT2D eigenvalue weighted by Crippen LogP contribution is -2.40. The molecular formula is C21H30N7O17P3. The van der Waals surface area contributed by atoms with Gasteiger partial charge in [-0.2, -0.15) is 4.31 Å². The number of carbonyl (C=O) groups excluding carboxylic acids is 1. The maximum atomic E-state index is 12.6. The van der Waals surface area contributed by atoms with Crippen molar-refractivity contribution in [3.8, 4) is 0 Å². The molecule has 3 aliphatic rings. The first kappa shape index (κ1) is 36.5. The summed E-state index contributed by atoms with van der Waals surface area (Å²) in [6.45, 7) is -2.02. The molecule has 2 unspecified atom stereocenters. The number of aliphatic hydroxyl groups excluding tert-OH is 3. The van der Waals surface area contributed by atoms with Crippen LogP contribution in [-0.4, -0.2) is 121 Å². The molecule has 5 rings (SSSR count). The van der Waals surface area contributed by atoms with E-state index in [1.165, 1.54) is 23.4 Å². The van der Waals surface area contributed by atoms with Crippen molar-refractivity contribution in [2.75, 3.05) is 18.9 Å². The second-order valence-corrected chi connectivity index (χ2v) is 14.6. The molecule has 2 aromatic rings. The Labute approximate surface area is 268 Å². The number of fused-ring (bicyclic) bond motifs is 1. The third-order valence-electron chi connectivity index (χ3n) is 7.11. The molecule has 3 aliphatic heterocycles. The summed E-state index contributed by atoms with van der Waals surface area (Å²) in [5.41, 5.74) is 11.3. The van der Waals surface area contributed by atoms with Crippen LogP contribution in [0.3, 0.4) is 0 Å². The topological polar surface area (TPSA) is 364 Å². The third kappa shape index (κ3) is 8.17. The van der Waals surface area contributed by atoms with Crippen molar-refractivity contribution in [2.24, 2.45) is 5.73 Å². The lowest BCUT2D eigenvalue weighted by molar-refractivity contribution is -0.115. The number of aromatic nitrogens is 4. The van der Waals surface area contributed by atoms with Crippen LogP contribution in [0.4, 0.5) is 5.82 Å². The van der Waals surface area contributed by atoms with Crippen LogP contribution in [0.15, 0.2) is 36.7 Å². The van der Waals surface area contributed by atoms with Crippen LogP contribution >= 0.6 is 23.5 Å². The molecule has 48 heavy (non-hydrogen) atoms. The van der Waals surface area contributed by atoms with E-state index in [2.05, 4.69) is 23.8 Å². The number of hydrogen-bond acceptors (Lipinski definition) is 18. The largest absolute Gasteiger partial charge is 0.481 e. The summed E-state index contributed by atoms with van der Waals surface area (Å²) >= 11 is 0. The molecular weight excluding hydrogens is 715 g/mol. The molecule has 27 heteroatoms. The molecule has 24 nitrogen and oxygen atoms in total. The van der Waals surface area contributed by atoms with Gasteiger partial charge >= 0.3 is 23.5 Å². The van der Waals surface area contributed by atoms with Gasteiger partial charge in [-0.25, -0.2) is 28.6 Å². The Morgan fingerprint density at radius 2 is 1.56 bits per heavy atom. The predicted molar refractivity (Wildman–Crippen MR) is 153 cm³/mol. The number of phosphoric acid groups is 3. The lowest BCUT2D eigenvalue weighted by atomic mass is 10.1. The minimum atomic E-state index is -5.52. The summed E-state index contributed by atoms with van der Waals surface area (Å²) in [7, 11) is -16.3. The van der Waals surface area contributed by atoms with Gasteiger partial charge in [0.15, 0.2) is 23.9 Å². The summed E-state index contributed by atoms with van der Waals surface area (Å²) < 4.78 is 67.2. The van der Waals surface area contributed by atoms with Gasteiger partial charge in [0.2, 0.25) is 5.91 Å². The van der Waals surface area contributed by atoms with E-state index >= 15 is 0 Å². The Bertz CT molecular complexity index is 1740. The number of phosphoric ester groups is 3. The first-order chi connectivity index (χ1) is 22.4. The molecule has 2 fully saturated rings. The average molecular weight is 745 g/mol. The number of nitrogen functional groups attached to an aromatic ring is 1. The van der Waals surface area contributed by atoms with Crippen molar-refractivity contribution >= 4 is 46.4 Å². The van der Waals surface area contributed by atoms with Gasteiger partial charge in [-0.15, -0.1) is 0 Å². The number of imidazole rings is 1. The molecule has 266 valence electrons. The van der Waals surface area contributed by atoms with Crippen LogP contribution in [0.25, 0.3) is 11.2 Å². The van der Waals surface area contributed by atoms with Gasteiger partial charge in [-0.1, -0.05) is 6.08 Å². The number of nitrogens with two attached hydrogens (primary N) is 2. The second-order valence-electron chi connectivity index (χ2n) is 10.4. The molecule has 0 bridgehead atoms. The van der Waals surface area contributed by atoms with Crippen molar-refractivity contribution in [2.45, 2.75) is 55.5 Å². The summed E-state index contributed by atoms with van der Waals surface area (Å²) in [4.78, 5) is 63.4. The van der Waals surface area contributed by atoms with Crippen LogP contribution in [0.1, 0.15) is 12.6 Å².